The van der Waals surface area contributed by atoms with Crippen molar-refractivity contribution in [2.24, 2.45) is 0 Å². The Kier molecular flexibility index (Phi) is 2.72. The van der Waals surface area contributed by atoms with E-state index < -0.39 is 0 Å². The quantitative estimate of drug-likeness (QED) is 0.619. The van der Waals surface area contributed by atoms with Gasteiger partial charge in [-0.2, -0.15) is 0 Å². The largest absolute Gasteiger partial charge is 0.397 e. The highest BCUT2D eigenvalue weighted by Crippen LogP contribution is 2.25. The number of halogens is 2. The summed E-state index contributed by atoms with van der Waals surface area (Å²) < 4.78 is 13.6. The van der Waals surface area contributed by atoms with Gasteiger partial charge in [-0.3, -0.25) is 0 Å². The zero-order valence-corrected chi connectivity index (χ0v) is 8.85. The Morgan fingerprint density at radius 1 is 1.58 bits per heavy atom. The number of benzene rings is 1. The summed E-state index contributed by atoms with van der Waals surface area (Å²) in [5.74, 6) is -0.272. The molecular weight excluding hydrogens is 268 g/mol. The summed E-state index contributed by atoms with van der Waals surface area (Å²) in [5.41, 5.74) is 7.80. The molecule has 0 saturated heterocycles. The summed E-state index contributed by atoms with van der Waals surface area (Å²) in [5, 5.41) is 0. The Morgan fingerprint density at radius 2 is 2.17 bits per heavy atom. The molecule has 0 heterocycles. The van der Waals surface area contributed by atoms with E-state index in [0.717, 1.165) is 9.14 Å². The van der Waals surface area contributed by atoms with Gasteiger partial charge in [0.05, 0.1) is 5.69 Å². The minimum absolute atomic E-state index is 0.272. The molecule has 1 rings (SSSR count). The lowest BCUT2D eigenvalue weighted by Gasteiger charge is -2.06. The van der Waals surface area contributed by atoms with Crippen molar-refractivity contribution in [2.75, 3.05) is 5.73 Å². The Hall–Kier alpha value is -0.580. The van der Waals surface area contributed by atoms with E-state index in [4.69, 9.17) is 5.73 Å². The SMILES string of the molecule is C=C(C)c1cc(F)cc(I)c1N. The summed E-state index contributed by atoms with van der Waals surface area (Å²) in [7, 11) is 0. The van der Waals surface area contributed by atoms with Gasteiger partial charge >= 0.3 is 0 Å². The predicted molar refractivity (Wildman–Crippen MR) is 58.2 cm³/mol. The predicted octanol–water partition coefficient (Wildman–Crippen LogP) is 3.05. The van der Waals surface area contributed by atoms with Crippen molar-refractivity contribution in [3.8, 4) is 0 Å². The monoisotopic (exact) mass is 277 g/mol. The third kappa shape index (κ3) is 1.77. The molecule has 0 aromatic heterocycles. The van der Waals surface area contributed by atoms with Gasteiger partial charge in [-0.05, 0) is 47.2 Å². The number of anilines is 1. The zero-order valence-electron chi connectivity index (χ0n) is 6.70. The normalized spacial score (nSPS) is 9.92. The molecule has 0 fully saturated rings. The molecule has 0 atom stereocenters. The first kappa shape index (κ1) is 9.51. The van der Waals surface area contributed by atoms with Crippen LogP contribution in [0.25, 0.3) is 5.57 Å². The van der Waals surface area contributed by atoms with E-state index in [0.29, 0.717) is 11.3 Å². The van der Waals surface area contributed by atoms with E-state index in [2.05, 4.69) is 6.58 Å². The third-order valence-corrected chi connectivity index (χ3v) is 2.45. The van der Waals surface area contributed by atoms with Gasteiger partial charge in [-0.15, -0.1) is 0 Å². The first-order chi connectivity index (χ1) is 5.52. The Bertz CT molecular complexity index is 334. The highest BCUT2D eigenvalue weighted by Gasteiger charge is 2.05. The molecule has 1 nitrogen and oxygen atoms in total. The molecule has 0 unspecified atom stereocenters. The van der Waals surface area contributed by atoms with E-state index in [1.54, 1.807) is 6.92 Å². The third-order valence-electron chi connectivity index (χ3n) is 1.55. The summed E-state index contributed by atoms with van der Waals surface area (Å²) in [6.07, 6.45) is 0. The van der Waals surface area contributed by atoms with Crippen molar-refractivity contribution >= 4 is 33.9 Å². The van der Waals surface area contributed by atoms with Gasteiger partial charge in [0.15, 0.2) is 0 Å². The fourth-order valence-corrected chi connectivity index (χ4v) is 1.53. The molecule has 2 N–H and O–H groups in total. The van der Waals surface area contributed by atoms with Gasteiger partial charge in [-0.25, -0.2) is 4.39 Å². The fourth-order valence-electron chi connectivity index (χ4n) is 0.938. The van der Waals surface area contributed by atoms with E-state index in [-0.39, 0.29) is 5.82 Å². The average molecular weight is 277 g/mol. The number of rotatable bonds is 1. The van der Waals surface area contributed by atoms with Crippen LogP contribution in [-0.2, 0) is 0 Å². The number of nitrogen functional groups attached to an aromatic ring is 1. The van der Waals surface area contributed by atoms with E-state index in [1.807, 2.05) is 22.6 Å². The molecule has 0 aliphatic carbocycles. The van der Waals surface area contributed by atoms with Gasteiger partial charge in [0, 0.05) is 9.13 Å². The van der Waals surface area contributed by atoms with Gasteiger partial charge < -0.3 is 5.73 Å². The number of hydrogen-bond donors (Lipinski definition) is 1. The van der Waals surface area contributed by atoms with E-state index in [9.17, 15) is 4.39 Å². The fraction of sp³-hybridized carbons (Fsp3) is 0.111. The van der Waals surface area contributed by atoms with Crippen molar-refractivity contribution in [1.82, 2.24) is 0 Å². The standard InChI is InChI=1S/C9H9FIN/c1-5(2)7-3-6(10)4-8(11)9(7)12/h3-4H,1,12H2,2H3. The van der Waals surface area contributed by atoms with Gasteiger partial charge in [0.25, 0.3) is 0 Å². The molecule has 0 aliphatic heterocycles. The molecular formula is C9H9FIN. The second-order valence-corrected chi connectivity index (χ2v) is 3.79. The van der Waals surface area contributed by atoms with Crippen LogP contribution in [0.15, 0.2) is 18.7 Å². The van der Waals surface area contributed by atoms with Crippen LogP contribution >= 0.6 is 22.6 Å². The maximum Gasteiger partial charge on any atom is 0.125 e. The maximum absolute atomic E-state index is 12.9. The lowest BCUT2D eigenvalue weighted by molar-refractivity contribution is 0.626. The topological polar surface area (TPSA) is 26.0 Å². The van der Waals surface area contributed by atoms with Crippen LogP contribution in [0.2, 0.25) is 0 Å². The molecule has 0 radical (unpaired) electrons. The van der Waals surface area contributed by atoms with Gasteiger partial charge in [0.1, 0.15) is 5.82 Å². The van der Waals surface area contributed by atoms with Crippen molar-refractivity contribution in [2.45, 2.75) is 6.92 Å². The smallest absolute Gasteiger partial charge is 0.125 e. The van der Waals surface area contributed by atoms with Crippen LogP contribution in [0.3, 0.4) is 0 Å². The number of hydrogen-bond acceptors (Lipinski definition) is 1. The maximum atomic E-state index is 12.9. The Labute approximate surface area is 84.6 Å². The molecule has 0 bridgehead atoms. The highest BCUT2D eigenvalue weighted by atomic mass is 127. The number of allylic oxidation sites excluding steroid dienone is 1. The molecule has 12 heavy (non-hydrogen) atoms. The van der Waals surface area contributed by atoms with Crippen LogP contribution in [0.4, 0.5) is 10.1 Å². The summed E-state index contributed by atoms with van der Waals surface area (Å²) in [6, 6.07) is 2.81. The molecule has 0 aliphatic rings. The average Bonchev–Trinajstić information content (AvgIpc) is 1.96. The van der Waals surface area contributed by atoms with Crippen LogP contribution in [0.1, 0.15) is 12.5 Å². The first-order valence-corrected chi connectivity index (χ1v) is 4.50. The van der Waals surface area contributed by atoms with E-state index in [1.165, 1.54) is 12.1 Å². The summed E-state index contributed by atoms with van der Waals surface area (Å²) >= 11 is 2.00. The van der Waals surface area contributed by atoms with Crippen molar-refractivity contribution < 1.29 is 4.39 Å². The molecule has 0 saturated carbocycles. The molecule has 64 valence electrons. The van der Waals surface area contributed by atoms with Crippen molar-refractivity contribution in [1.29, 1.82) is 0 Å². The van der Waals surface area contributed by atoms with E-state index >= 15 is 0 Å². The second-order valence-electron chi connectivity index (χ2n) is 2.63. The Morgan fingerprint density at radius 3 is 2.67 bits per heavy atom. The lowest BCUT2D eigenvalue weighted by Crippen LogP contribution is -1.96. The zero-order chi connectivity index (χ0) is 9.30. The minimum atomic E-state index is -0.272. The second kappa shape index (κ2) is 3.43. The highest BCUT2D eigenvalue weighted by molar-refractivity contribution is 14.1. The first-order valence-electron chi connectivity index (χ1n) is 3.42. The van der Waals surface area contributed by atoms with Crippen LogP contribution in [-0.4, -0.2) is 0 Å². The Balaban J connectivity index is 3.37. The molecule has 3 heteroatoms. The van der Waals surface area contributed by atoms with Gasteiger partial charge in [-0.1, -0.05) is 6.58 Å². The summed E-state index contributed by atoms with van der Waals surface area (Å²) in [4.78, 5) is 0. The van der Waals surface area contributed by atoms with Gasteiger partial charge in [0.2, 0.25) is 0 Å². The van der Waals surface area contributed by atoms with Crippen LogP contribution in [0.5, 0.6) is 0 Å². The molecule has 0 spiro atoms. The number of nitrogens with two attached hydrogens (primary N) is 1. The molecule has 1 aromatic rings. The molecule has 1 aromatic carbocycles. The van der Waals surface area contributed by atoms with Crippen LogP contribution < -0.4 is 5.73 Å². The molecule has 0 amide bonds. The van der Waals surface area contributed by atoms with Crippen molar-refractivity contribution in [3.63, 3.8) is 0 Å². The van der Waals surface area contributed by atoms with Crippen molar-refractivity contribution in [3.05, 3.63) is 33.7 Å². The van der Waals surface area contributed by atoms with Crippen LogP contribution in [0, 0.1) is 9.39 Å². The summed E-state index contributed by atoms with van der Waals surface area (Å²) in [6.45, 7) is 5.53. The lowest BCUT2D eigenvalue weighted by atomic mass is 10.1. The minimum Gasteiger partial charge on any atom is -0.397 e.